The molecule has 1 fully saturated rings. The molecule has 0 aromatic heterocycles. The zero-order valence-electron chi connectivity index (χ0n) is 8.10. The largest absolute Gasteiger partial charge is 0.396 e. The van der Waals surface area contributed by atoms with Gasteiger partial charge in [-0.25, -0.2) is 0 Å². The van der Waals surface area contributed by atoms with E-state index in [1.165, 1.54) is 25.7 Å². The Morgan fingerprint density at radius 2 is 2.17 bits per heavy atom. The van der Waals surface area contributed by atoms with Crippen molar-refractivity contribution in [3.8, 4) is 0 Å². The number of nitrogens with one attached hydrogen (secondary N) is 1. The Balaban J connectivity index is 2.04. The number of hydrogen-bond donors (Lipinski definition) is 2. The van der Waals surface area contributed by atoms with Crippen molar-refractivity contribution in [2.75, 3.05) is 19.7 Å². The number of aliphatic hydroxyl groups is 1. The maximum absolute atomic E-state index is 8.58. The van der Waals surface area contributed by atoms with Crippen LogP contribution in [-0.2, 0) is 0 Å². The van der Waals surface area contributed by atoms with Gasteiger partial charge in [-0.05, 0) is 37.6 Å². The Labute approximate surface area is 75.4 Å². The summed E-state index contributed by atoms with van der Waals surface area (Å²) in [5.74, 6) is 0. The summed E-state index contributed by atoms with van der Waals surface area (Å²) in [7, 11) is 0. The molecule has 1 aliphatic rings. The van der Waals surface area contributed by atoms with Crippen molar-refractivity contribution >= 4 is 0 Å². The molecule has 72 valence electrons. The molecule has 0 radical (unpaired) electrons. The van der Waals surface area contributed by atoms with E-state index in [2.05, 4.69) is 12.2 Å². The van der Waals surface area contributed by atoms with Crippen molar-refractivity contribution < 1.29 is 5.11 Å². The van der Waals surface area contributed by atoms with Gasteiger partial charge in [0.2, 0.25) is 0 Å². The molecule has 12 heavy (non-hydrogen) atoms. The van der Waals surface area contributed by atoms with Crippen LogP contribution in [-0.4, -0.2) is 24.8 Å². The molecule has 2 heteroatoms. The van der Waals surface area contributed by atoms with E-state index in [-0.39, 0.29) is 0 Å². The SMILES string of the molecule is CCC1(CNCCCO)CCC1. The molecule has 0 atom stereocenters. The first-order chi connectivity index (χ1) is 5.83. The van der Waals surface area contributed by atoms with E-state index in [1.807, 2.05) is 0 Å². The molecule has 0 aromatic carbocycles. The molecule has 0 spiro atoms. The first kappa shape index (κ1) is 10.0. The van der Waals surface area contributed by atoms with Gasteiger partial charge in [-0.15, -0.1) is 0 Å². The summed E-state index contributed by atoms with van der Waals surface area (Å²) in [5, 5.41) is 12.0. The second kappa shape index (κ2) is 4.83. The topological polar surface area (TPSA) is 32.3 Å². The minimum Gasteiger partial charge on any atom is -0.396 e. The van der Waals surface area contributed by atoms with Crippen LogP contribution >= 0.6 is 0 Å². The molecule has 1 saturated carbocycles. The monoisotopic (exact) mass is 171 g/mol. The molecule has 0 heterocycles. The lowest BCUT2D eigenvalue weighted by Crippen LogP contribution is -2.39. The molecule has 2 N–H and O–H groups in total. The van der Waals surface area contributed by atoms with Crippen molar-refractivity contribution in [1.82, 2.24) is 5.32 Å². The molecule has 0 saturated heterocycles. The Hall–Kier alpha value is -0.0800. The highest BCUT2D eigenvalue weighted by Gasteiger charge is 2.34. The lowest BCUT2D eigenvalue weighted by Gasteiger charge is -2.41. The maximum Gasteiger partial charge on any atom is 0.0443 e. The molecule has 0 amide bonds. The first-order valence-electron chi connectivity index (χ1n) is 5.14. The predicted octanol–water partition coefficient (Wildman–Crippen LogP) is 1.54. The quantitative estimate of drug-likeness (QED) is 0.594. The van der Waals surface area contributed by atoms with Crippen LogP contribution in [0.3, 0.4) is 0 Å². The summed E-state index contributed by atoms with van der Waals surface area (Å²) in [6.45, 7) is 4.72. The average molecular weight is 171 g/mol. The second-order valence-corrected chi connectivity index (χ2v) is 3.96. The van der Waals surface area contributed by atoms with Crippen LogP contribution < -0.4 is 5.32 Å². The van der Waals surface area contributed by atoms with Gasteiger partial charge in [0, 0.05) is 13.2 Å². The third kappa shape index (κ3) is 2.46. The van der Waals surface area contributed by atoms with Crippen LogP contribution in [0.25, 0.3) is 0 Å². The molecular weight excluding hydrogens is 150 g/mol. The fraction of sp³-hybridized carbons (Fsp3) is 1.00. The van der Waals surface area contributed by atoms with Crippen LogP contribution in [0.4, 0.5) is 0 Å². The summed E-state index contributed by atoms with van der Waals surface area (Å²) in [6.07, 6.45) is 6.40. The molecule has 0 unspecified atom stereocenters. The highest BCUT2D eigenvalue weighted by Crippen LogP contribution is 2.42. The molecule has 0 bridgehead atoms. The van der Waals surface area contributed by atoms with Crippen molar-refractivity contribution in [2.45, 2.75) is 39.0 Å². The van der Waals surface area contributed by atoms with Gasteiger partial charge in [0.15, 0.2) is 0 Å². The third-order valence-electron chi connectivity index (χ3n) is 3.18. The van der Waals surface area contributed by atoms with Gasteiger partial charge in [-0.1, -0.05) is 13.3 Å². The van der Waals surface area contributed by atoms with E-state index in [1.54, 1.807) is 0 Å². The standard InChI is InChI=1S/C10H21NO/c1-2-10(5-3-6-10)9-11-7-4-8-12/h11-12H,2-9H2,1H3. The summed E-state index contributed by atoms with van der Waals surface area (Å²) in [6, 6.07) is 0. The maximum atomic E-state index is 8.58. The van der Waals surface area contributed by atoms with Crippen LogP contribution in [0, 0.1) is 5.41 Å². The third-order valence-corrected chi connectivity index (χ3v) is 3.18. The molecule has 1 rings (SSSR count). The lowest BCUT2D eigenvalue weighted by molar-refractivity contribution is 0.123. The van der Waals surface area contributed by atoms with E-state index >= 15 is 0 Å². The van der Waals surface area contributed by atoms with Gasteiger partial charge in [0.25, 0.3) is 0 Å². The van der Waals surface area contributed by atoms with Gasteiger partial charge < -0.3 is 10.4 Å². The summed E-state index contributed by atoms with van der Waals surface area (Å²) in [4.78, 5) is 0. The molecule has 0 aliphatic heterocycles. The Morgan fingerprint density at radius 1 is 1.42 bits per heavy atom. The van der Waals surface area contributed by atoms with Crippen molar-refractivity contribution in [3.63, 3.8) is 0 Å². The van der Waals surface area contributed by atoms with Gasteiger partial charge >= 0.3 is 0 Å². The van der Waals surface area contributed by atoms with Crippen molar-refractivity contribution in [1.29, 1.82) is 0 Å². The minimum atomic E-state index is 0.312. The highest BCUT2D eigenvalue weighted by molar-refractivity contribution is 4.88. The fourth-order valence-electron chi connectivity index (χ4n) is 1.89. The first-order valence-corrected chi connectivity index (χ1v) is 5.14. The molecule has 1 aliphatic carbocycles. The summed E-state index contributed by atoms with van der Waals surface area (Å²) < 4.78 is 0. The van der Waals surface area contributed by atoms with E-state index in [0.717, 1.165) is 19.5 Å². The fourth-order valence-corrected chi connectivity index (χ4v) is 1.89. The van der Waals surface area contributed by atoms with E-state index < -0.39 is 0 Å². The summed E-state index contributed by atoms with van der Waals surface area (Å²) in [5.41, 5.74) is 0.620. The Bertz CT molecular complexity index is 115. The van der Waals surface area contributed by atoms with Crippen molar-refractivity contribution in [2.24, 2.45) is 5.41 Å². The molecule has 2 nitrogen and oxygen atoms in total. The number of rotatable bonds is 6. The minimum absolute atomic E-state index is 0.312. The zero-order valence-corrected chi connectivity index (χ0v) is 8.10. The van der Waals surface area contributed by atoms with Gasteiger partial charge in [0.05, 0.1) is 0 Å². The Morgan fingerprint density at radius 3 is 2.58 bits per heavy atom. The van der Waals surface area contributed by atoms with E-state index in [9.17, 15) is 0 Å². The van der Waals surface area contributed by atoms with E-state index in [4.69, 9.17) is 5.11 Å². The van der Waals surface area contributed by atoms with Crippen LogP contribution in [0.5, 0.6) is 0 Å². The van der Waals surface area contributed by atoms with Crippen LogP contribution in [0.1, 0.15) is 39.0 Å². The number of hydrogen-bond acceptors (Lipinski definition) is 2. The van der Waals surface area contributed by atoms with Gasteiger partial charge in [-0.3, -0.25) is 0 Å². The van der Waals surface area contributed by atoms with Crippen molar-refractivity contribution in [3.05, 3.63) is 0 Å². The predicted molar refractivity (Wildman–Crippen MR) is 51.1 cm³/mol. The molecular formula is C10H21NO. The van der Waals surface area contributed by atoms with Crippen LogP contribution in [0.15, 0.2) is 0 Å². The van der Waals surface area contributed by atoms with Crippen LogP contribution in [0.2, 0.25) is 0 Å². The average Bonchev–Trinajstić information content (AvgIpc) is 2.02. The second-order valence-electron chi connectivity index (χ2n) is 3.96. The number of aliphatic hydroxyl groups excluding tert-OH is 1. The Kier molecular flexibility index (Phi) is 4.02. The normalized spacial score (nSPS) is 20.5. The zero-order chi connectivity index (χ0) is 8.86. The smallest absolute Gasteiger partial charge is 0.0443 e. The lowest BCUT2D eigenvalue weighted by atomic mass is 9.67. The van der Waals surface area contributed by atoms with Gasteiger partial charge in [-0.2, -0.15) is 0 Å². The van der Waals surface area contributed by atoms with E-state index in [0.29, 0.717) is 12.0 Å². The molecule has 0 aromatic rings. The highest BCUT2D eigenvalue weighted by atomic mass is 16.3. The van der Waals surface area contributed by atoms with Gasteiger partial charge in [0.1, 0.15) is 0 Å². The summed E-state index contributed by atoms with van der Waals surface area (Å²) >= 11 is 0.